The molecule has 1 saturated heterocycles. The van der Waals surface area contributed by atoms with Crippen LogP contribution in [0.2, 0.25) is 0 Å². The van der Waals surface area contributed by atoms with Gasteiger partial charge in [-0.1, -0.05) is 0 Å². The summed E-state index contributed by atoms with van der Waals surface area (Å²) in [5.41, 5.74) is 0. The number of likely N-dealkylation sites (N-methyl/N-ethyl adjacent to an activating group) is 1. The van der Waals surface area contributed by atoms with E-state index in [1.807, 2.05) is 7.05 Å². The first-order valence-electron chi connectivity index (χ1n) is 5.28. The molecule has 2 N–H and O–H groups in total. The quantitative estimate of drug-likeness (QED) is 0.660. The van der Waals surface area contributed by atoms with E-state index < -0.39 is 0 Å². The molecule has 3 nitrogen and oxygen atoms in total. The van der Waals surface area contributed by atoms with E-state index in [0.29, 0.717) is 6.04 Å². The molecule has 1 heterocycles. The van der Waals surface area contributed by atoms with Crippen molar-refractivity contribution in [3.05, 3.63) is 0 Å². The Bertz CT molecular complexity index is 124. The Morgan fingerprint density at radius 3 is 3.00 bits per heavy atom. The fraction of sp³-hybridized carbons (Fsp3) is 1.00. The van der Waals surface area contributed by atoms with Crippen molar-refractivity contribution in [2.45, 2.75) is 25.8 Å². The van der Waals surface area contributed by atoms with Gasteiger partial charge in [-0.3, -0.25) is 0 Å². The Morgan fingerprint density at radius 2 is 2.38 bits per heavy atom. The molecule has 1 aliphatic heterocycles. The number of hydrogen-bond donors (Lipinski definition) is 2. The van der Waals surface area contributed by atoms with Crippen LogP contribution >= 0.6 is 0 Å². The lowest BCUT2D eigenvalue weighted by atomic mass is 10.0. The lowest BCUT2D eigenvalue weighted by molar-refractivity contribution is 0.0540. The summed E-state index contributed by atoms with van der Waals surface area (Å²) in [6.45, 7) is 6.25. The minimum Gasteiger partial charge on any atom is -0.381 e. The summed E-state index contributed by atoms with van der Waals surface area (Å²) in [5, 5.41) is 6.67. The molecule has 0 radical (unpaired) electrons. The number of ether oxygens (including phenoxy) is 1. The molecule has 0 aromatic rings. The molecule has 0 aromatic heterocycles. The van der Waals surface area contributed by atoms with Crippen molar-refractivity contribution < 1.29 is 4.74 Å². The van der Waals surface area contributed by atoms with E-state index in [4.69, 9.17) is 4.74 Å². The molecule has 2 atom stereocenters. The fourth-order valence-corrected chi connectivity index (χ4v) is 1.71. The van der Waals surface area contributed by atoms with Crippen LogP contribution < -0.4 is 10.6 Å². The molecule has 0 aliphatic carbocycles. The molecule has 13 heavy (non-hydrogen) atoms. The summed E-state index contributed by atoms with van der Waals surface area (Å²) >= 11 is 0. The van der Waals surface area contributed by atoms with E-state index in [9.17, 15) is 0 Å². The van der Waals surface area contributed by atoms with Crippen molar-refractivity contribution in [3.8, 4) is 0 Å². The van der Waals surface area contributed by atoms with Crippen molar-refractivity contribution in [1.29, 1.82) is 0 Å². The maximum absolute atomic E-state index is 5.42. The topological polar surface area (TPSA) is 33.3 Å². The first-order valence-corrected chi connectivity index (χ1v) is 5.28. The third-order valence-electron chi connectivity index (χ3n) is 2.52. The molecule has 78 valence electrons. The van der Waals surface area contributed by atoms with E-state index in [1.165, 1.54) is 12.8 Å². The Balaban J connectivity index is 2.03. The molecular formula is C10H22N2O. The highest BCUT2D eigenvalue weighted by Gasteiger charge is 2.13. The average Bonchev–Trinajstić information content (AvgIpc) is 2.17. The van der Waals surface area contributed by atoms with Gasteiger partial charge < -0.3 is 15.4 Å². The lowest BCUT2D eigenvalue weighted by Gasteiger charge is -2.24. The third-order valence-corrected chi connectivity index (χ3v) is 2.52. The Kier molecular flexibility index (Phi) is 5.35. The fourth-order valence-electron chi connectivity index (χ4n) is 1.71. The molecule has 1 aliphatic rings. The van der Waals surface area contributed by atoms with Gasteiger partial charge in [0.1, 0.15) is 0 Å². The summed E-state index contributed by atoms with van der Waals surface area (Å²) in [7, 11) is 1.99. The lowest BCUT2D eigenvalue weighted by Crippen LogP contribution is -2.39. The van der Waals surface area contributed by atoms with E-state index in [-0.39, 0.29) is 0 Å². The molecule has 0 aromatic carbocycles. The van der Waals surface area contributed by atoms with Gasteiger partial charge in [0.05, 0.1) is 6.61 Å². The van der Waals surface area contributed by atoms with Gasteiger partial charge in [0.15, 0.2) is 0 Å². The molecule has 2 unspecified atom stereocenters. The zero-order valence-corrected chi connectivity index (χ0v) is 8.81. The van der Waals surface area contributed by atoms with Gasteiger partial charge in [-0.15, -0.1) is 0 Å². The summed E-state index contributed by atoms with van der Waals surface area (Å²) in [4.78, 5) is 0. The summed E-state index contributed by atoms with van der Waals surface area (Å²) in [5.74, 6) is 0.730. The second-order valence-corrected chi connectivity index (χ2v) is 3.95. The number of hydrogen-bond acceptors (Lipinski definition) is 3. The van der Waals surface area contributed by atoms with Gasteiger partial charge in [0.2, 0.25) is 0 Å². The first-order chi connectivity index (χ1) is 6.33. The van der Waals surface area contributed by atoms with Crippen molar-refractivity contribution in [2.24, 2.45) is 5.92 Å². The van der Waals surface area contributed by atoms with Crippen LogP contribution in [0.15, 0.2) is 0 Å². The van der Waals surface area contributed by atoms with Gasteiger partial charge in [-0.05, 0) is 32.7 Å². The smallest absolute Gasteiger partial charge is 0.0506 e. The largest absolute Gasteiger partial charge is 0.381 e. The van der Waals surface area contributed by atoms with Crippen LogP contribution in [0.4, 0.5) is 0 Å². The monoisotopic (exact) mass is 186 g/mol. The van der Waals surface area contributed by atoms with E-state index >= 15 is 0 Å². The van der Waals surface area contributed by atoms with Gasteiger partial charge in [-0.25, -0.2) is 0 Å². The third kappa shape index (κ3) is 4.60. The molecule has 0 amide bonds. The van der Waals surface area contributed by atoms with Crippen LogP contribution in [0.3, 0.4) is 0 Å². The van der Waals surface area contributed by atoms with Gasteiger partial charge in [0.25, 0.3) is 0 Å². The molecule has 1 fully saturated rings. The van der Waals surface area contributed by atoms with E-state index in [1.54, 1.807) is 0 Å². The number of nitrogens with one attached hydrogen (secondary N) is 2. The van der Waals surface area contributed by atoms with Crippen LogP contribution in [0.25, 0.3) is 0 Å². The van der Waals surface area contributed by atoms with Crippen molar-refractivity contribution in [1.82, 2.24) is 10.6 Å². The molecule has 3 heteroatoms. The normalized spacial score (nSPS) is 25.8. The Hall–Kier alpha value is -0.120. The van der Waals surface area contributed by atoms with Gasteiger partial charge in [-0.2, -0.15) is 0 Å². The molecule has 0 spiro atoms. The second kappa shape index (κ2) is 6.35. The highest BCUT2D eigenvalue weighted by molar-refractivity contribution is 4.69. The van der Waals surface area contributed by atoms with Crippen LogP contribution in [0, 0.1) is 5.92 Å². The van der Waals surface area contributed by atoms with Crippen molar-refractivity contribution >= 4 is 0 Å². The Morgan fingerprint density at radius 1 is 1.54 bits per heavy atom. The van der Waals surface area contributed by atoms with Crippen molar-refractivity contribution in [3.63, 3.8) is 0 Å². The van der Waals surface area contributed by atoms with Crippen LogP contribution in [0.1, 0.15) is 19.8 Å². The molecule has 0 saturated carbocycles. The van der Waals surface area contributed by atoms with E-state index in [0.717, 1.165) is 32.2 Å². The standard InChI is InChI=1S/C10H22N2O/c1-9(6-11-2)12-7-10-4-3-5-13-8-10/h9-12H,3-8H2,1-2H3. The highest BCUT2D eigenvalue weighted by atomic mass is 16.5. The summed E-state index contributed by atoms with van der Waals surface area (Å²) in [6.07, 6.45) is 2.55. The maximum atomic E-state index is 5.42. The predicted octanol–water partition coefficient (Wildman–Crippen LogP) is 0.610. The average molecular weight is 186 g/mol. The summed E-state index contributed by atoms with van der Waals surface area (Å²) in [6, 6.07) is 0.562. The summed E-state index contributed by atoms with van der Waals surface area (Å²) < 4.78 is 5.42. The zero-order chi connectivity index (χ0) is 9.52. The van der Waals surface area contributed by atoms with Crippen LogP contribution in [-0.2, 0) is 4.74 Å². The van der Waals surface area contributed by atoms with Crippen LogP contribution in [0.5, 0.6) is 0 Å². The maximum Gasteiger partial charge on any atom is 0.0506 e. The van der Waals surface area contributed by atoms with Crippen molar-refractivity contribution in [2.75, 3.05) is 33.4 Å². The zero-order valence-electron chi connectivity index (χ0n) is 8.81. The van der Waals surface area contributed by atoms with Gasteiger partial charge >= 0.3 is 0 Å². The minimum absolute atomic E-state index is 0.562. The molecular weight excluding hydrogens is 164 g/mol. The first kappa shape index (κ1) is 11.0. The second-order valence-electron chi connectivity index (χ2n) is 3.95. The van der Waals surface area contributed by atoms with Gasteiger partial charge in [0, 0.05) is 25.7 Å². The molecule has 1 rings (SSSR count). The SMILES string of the molecule is CNCC(C)NCC1CCCOC1. The van der Waals surface area contributed by atoms with Crippen LogP contribution in [-0.4, -0.2) is 39.4 Å². The predicted molar refractivity (Wildman–Crippen MR) is 54.9 cm³/mol. The Labute approximate surface area is 81.2 Å². The number of rotatable bonds is 5. The van der Waals surface area contributed by atoms with E-state index in [2.05, 4.69) is 17.6 Å². The molecule has 0 bridgehead atoms. The highest BCUT2D eigenvalue weighted by Crippen LogP contribution is 2.12. The minimum atomic E-state index is 0.562.